The van der Waals surface area contributed by atoms with Gasteiger partial charge in [0.05, 0.1) is 11.4 Å². The van der Waals surface area contributed by atoms with Crippen molar-refractivity contribution in [2.24, 2.45) is 0 Å². The number of hydrogen-bond acceptors (Lipinski definition) is 4. The van der Waals surface area contributed by atoms with E-state index in [2.05, 4.69) is 10.4 Å². The highest BCUT2D eigenvalue weighted by Gasteiger charge is 2.15. The summed E-state index contributed by atoms with van der Waals surface area (Å²) in [7, 11) is 0. The van der Waals surface area contributed by atoms with Gasteiger partial charge in [-0.05, 0) is 24.6 Å². The van der Waals surface area contributed by atoms with Crippen LogP contribution < -0.4 is 10.9 Å². The zero-order chi connectivity index (χ0) is 21.6. The van der Waals surface area contributed by atoms with Gasteiger partial charge in [0.1, 0.15) is 5.69 Å². The maximum Gasteiger partial charge on any atom is 0.271 e. The molecule has 0 spiro atoms. The van der Waals surface area contributed by atoms with Gasteiger partial charge in [0, 0.05) is 36.5 Å². The molecule has 7 nitrogen and oxygen atoms in total. The molecule has 4 rings (SSSR count). The minimum Gasteiger partial charge on any atom is -0.346 e. The number of aryl methyl sites for hydroxylation is 1. The average molecular weight is 413 g/mol. The van der Waals surface area contributed by atoms with Gasteiger partial charge < -0.3 is 5.32 Å². The van der Waals surface area contributed by atoms with Crippen LogP contribution in [0.1, 0.15) is 29.4 Å². The van der Waals surface area contributed by atoms with E-state index >= 15 is 0 Å². The molecule has 0 aliphatic heterocycles. The smallest absolute Gasteiger partial charge is 0.271 e. The van der Waals surface area contributed by atoms with Crippen LogP contribution >= 0.6 is 0 Å². The number of hydrogen-bond donors (Lipinski definition) is 1. The van der Waals surface area contributed by atoms with Gasteiger partial charge in [-0.2, -0.15) is 10.2 Å². The molecule has 0 atom stereocenters. The van der Waals surface area contributed by atoms with Crippen LogP contribution in [-0.4, -0.2) is 25.5 Å². The van der Waals surface area contributed by atoms with Gasteiger partial charge in [-0.1, -0.05) is 55.5 Å². The Morgan fingerprint density at radius 3 is 2.35 bits per heavy atom. The molecule has 0 aliphatic rings. The van der Waals surface area contributed by atoms with Crippen LogP contribution in [0.15, 0.2) is 83.8 Å². The number of aromatic nitrogens is 4. The van der Waals surface area contributed by atoms with E-state index in [9.17, 15) is 9.59 Å². The molecule has 1 N–H and O–H groups in total. The number of para-hydroxylation sites is 1. The SMILES string of the molecule is CCCn1nc(C(=O)NCc2cn(-c3ccccc3)nc2-c2ccccc2)ccc1=O. The van der Waals surface area contributed by atoms with Gasteiger partial charge in [0.2, 0.25) is 0 Å². The number of amides is 1. The van der Waals surface area contributed by atoms with Crippen molar-refractivity contribution in [1.29, 1.82) is 0 Å². The van der Waals surface area contributed by atoms with E-state index in [-0.39, 0.29) is 23.7 Å². The normalized spacial score (nSPS) is 10.7. The van der Waals surface area contributed by atoms with Crippen molar-refractivity contribution < 1.29 is 4.79 Å². The molecule has 0 aliphatic carbocycles. The lowest BCUT2D eigenvalue weighted by Gasteiger charge is -2.07. The third kappa shape index (κ3) is 4.61. The standard InChI is InChI=1S/C24H23N5O2/c1-2-15-28-22(30)14-13-21(26-28)24(31)25-16-19-17-29(20-11-7-4-8-12-20)27-23(19)18-9-5-3-6-10-18/h3-14,17H,2,15-16H2,1H3,(H,25,31). The quantitative estimate of drug-likeness (QED) is 0.503. The summed E-state index contributed by atoms with van der Waals surface area (Å²) in [4.78, 5) is 24.6. The van der Waals surface area contributed by atoms with Crippen molar-refractivity contribution in [3.05, 3.63) is 101 Å². The number of carbonyl (C=O) groups is 1. The first-order valence-corrected chi connectivity index (χ1v) is 10.2. The Kier molecular flexibility index (Phi) is 6.03. The molecule has 31 heavy (non-hydrogen) atoms. The third-order valence-electron chi connectivity index (χ3n) is 4.83. The summed E-state index contributed by atoms with van der Waals surface area (Å²) in [5.74, 6) is -0.337. The van der Waals surface area contributed by atoms with Crippen molar-refractivity contribution in [1.82, 2.24) is 24.9 Å². The maximum atomic E-state index is 12.7. The second-order valence-corrected chi connectivity index (χ2v) is 7.11. The van der Waals surface area contributed by atoms with E-state index < -0.39 is 0 Å². The number of rotatable bonds is 7. The number of nitrogens with one attached hydrogen (secondary N) is 1. The molecule has 0 fully saturated rings. The first-order chi connectivity index (χ1) is 15.2. The Bertz CT molecular complexity index is 1230. The Morgan fingerprint density at radius 2 is 1.65 bits per heavy atom. The molecule has 156 valence electrons. The summed E-state index contributed by atoms with van der Waals surface area (Å²) < 4.78 is 3.13. The summed E-state index contributed by atoms with van der Waals surface area (Å²) in [6, 6.07) is 22.5. The minimum absolute atomic E-state index is 0.213. The molecule has 7 heteroatoms. The van der Waals surface area contributed by atoms with E-state index in [1.807, 2.05) is 78.5 Å². The first-order valence-electron chi connectivity index (χ1n) is 10.2. The summed E-state index contributed by atoms with van der Waals surface area (Å²) in [5.41, 5.74) is 3.58. The first kappa shape index (κ1) is 20.3. The van der Waals surface area contributed by atoms with E-state index in [4.69, 9.17) is 5.10 Å². The Balaban J connectivity index is 1.60. The highest BCUT2D eigenvalue weighted by atomic mass is 16.2. The van der Waals surface area contributed by atoms with Gasteiger partial charge in [-0.15, -0.1) is 0 Å². The molecule has 0 unspecified atom stereocenters. The van der Waals surface area contributed by atoms with Crippen molar-refractivity contribution in [3.63, 3.8) is 0 Å². The van der Waals surface area contributed by atoms with Crippen LogP contribution in [-0.2, 0) is 13.1 Å². The summed E-state index contributed by atoms with van der Waals surface area (Å²) in [6.45, 7) is 2.71. The maximum absolute atomic E-state index is 12.7. The Labute approximate surface area is 180 Å². The van der Waals surface area contributed by atoms with Gasteiger partial charge in [-0.25, -0.2) is 9.36 Å². The zero-order valence-electron chi connectivity index (χ0n) is 17.2. The fourth-order valence-electron chi connectivity index (χ4n) is 3.30. The second kappa shape index (κ2) is 9.21. The van der Waals surface area contributed by atoms with Crippen molar-refractivity contribution in [2.75, 3.05) is 0 Å². The topological polar surface area (TPSA) is 81.8 Å². The third-order valence-corrected chi connectivity index (χ3v) is 4.83. The fourth-order valence-corrected chi connectivity index (χ4v) is 3.30. The molecule has 2 aromatic heterocycles. The lowest BCUT2D eigenvalue weighted by molar-refractivity contribution is 0.0943. The molecule has 2 aromatic carbocycles. The van der Waals surface area contributed by atoms with E-state index in [0.717, 1.165) is 28.9 Å². The molecule has 0 radical (unpaired) electrons. The summed E-state index contributed by atoms with van der Waals surface area (Å²) in [5, 5.41) is 11.8. The van der Waals surface area contributed by atoms with E-state index in [1.54, 1.807) is 0 Å². The predicted octanol–water partition coefficient (Wildman–Crippen LogP) is 3.44. The Hall–Kier alpha value is -4.00. The largest absolute Gasteiger partial charge is 0.346 e. The van der Waals surface area contributed by atoms with Crippen LogP contribution in [0.3, 0.4) is 0 Å². The monoisotopic (exact) mass is 413 g/mol. The summed E-state index contributed by atoms with van der Waals surface area (Å²) >= 11 is 0. The highest BCUT2D eigenvalue weighted by Crippen LogP contribution is 2.23. The molecule has 2 heterocycles. The van der Waals surface area contributed by atoms with Crippen LogP contribution in [0, 0.1) is 0 Å². The van der Waals surface area contributed by atoms with Crippen molar-refractivity contribution in [3.8, 4) is 16.9 Å². The fraction of sp³-hybridized carbons (Fsp3) is 0.167. The number of carbonyl (C=O) groups excluding carboxylic acids is 1. The van der Waals surface area contributed by atoms with Crippen LogP contribution in [0.25, 0.3) is 16.9 Å². The van der Waals surface area contributed by atoms with Gasteiger partial charge in [0.25, 0.3) is 11.5 Å². The lowest BCUT2D eigenvalue weighted by Crippen LogP contribution is -2.29. The Morgan fingerprint density at radius 1 is 0.935 bits per heavy atom. The summed E-state index contributed by atoms with van der Waals surface area (Å²) in [6.07, 6.45) is 2.68. The molecule has 1 amide bonds. The van der Waals surface area contributed by atoms with Crippen LogP contribution in [0.4, 0.5) is 0 Å². The number of benzene rings is 2. The van der Waals surface area contributed by atoms with Gasteiger partial charge in [-0.3, -0.25) is 9.59 Å². The minimum atomic E-state index is -0.337. The van der Waals surface area contributed by atoms with Crippen molar-refractivity contribution >= 4 is 5.91 Å². The zero-order valence-corrected chi connectivity index (χ0v) is 17.2. The number of nitrogens with zero attached hydrogens (tertiary/aromatic N) is 4. The van der Waals surface area contributed by atoms with E-state index in [0.29, 0.717) is 6.54 Å². The molecular weight excluding hydrogens is 390 g/mol. The molecule has 0 saturated carbocycles. The molecule has 4 aromatic rings. The average Bonchev–Trinajstić information content (AvgIpc) is 3.24. The van der Waals surface area contributed by atoms with Gasteiger partial charge >= 0.3 is 0 Å². The highest BCUT2D eigenvalue weighted by molar-refractivity contribution is 5.92. The van der Waals surface area contributed by atoms with Crippen LogP contribution in [0.5, 0.6) is 0 Å². The predicted molar refractivity (Wildman–Crippen MR) is 119 cm³/mol. The molecule has 0 saturated heterocycles. The molecule has 0 bridgehead atoms. The lowest BCUT2D eigenvalue weighted by atomic mass is 10.1. The van der Waals surface area contributed by atoms with Crippen molar-refractivity contribution in [2.45, 2.75) is 26.4 Å². The van der Waals surface area contributed by atoms with E-state index in [1.165, 1.54) is 16.8 Å². The van der Waals surface area contributed by atoms with Gasteiger partial charge in [0.15, 0.2) is 0 Å². The molecular formula is C24H23N5O2. The second-order valence-electron chi connectivity index (χ2n) is 7.11. The van der Waals surface area contributed by atoms with Crippen LogP contribution in [0.2, 0.25) is 0 Å².